The molecule has 298 valence electrons. The van der Waals surface area contributed by atoms with Crippen molar-refractivity contribution in [1.29, 1.82) is 0 Å². The van der Waals surface area contributed by atoms with E-state index in [9.17, 15) is 24.3 Å². The van der Waals surface area contributed by atoms with Crippen LogP contribution in [0.4, 0.5) is 5.69 Å². The molecule has 0 saturated heterocycles. The summed E-state index contributed by atoms with van der Waals surface area (Å²) in [4.78, 5) is 61.5. The summed E-state index contributed by atoms with van der Waals surface area (Å²) in [5, 5.41) is 14.6. The number of nitrogens with zero attached hydrogens (tertiary/aromatic N) is 3. The number of ether oxygens (including phenoxy) is 1. The van der Waals surface area contributed by atoms with Crippen LogP contribution >= 0.6 is 0 Å². The molecule has 0 radical (unpaired) electrons. The highest BCUT2D eigenvalue weighted by Gasteiger charge is 2.28. The first kappa shape index (κ1) is 40.8. The molecule has 3 aromatic carbocycles. The number of carboxylic acids is 1. The molecule has 0 spiro atoms. The van der Waals surface area contributed by atoms with E-state index in [1.54, 1.807) is 43.5 Å². The van der Waals surface area contributed by atoms with Crippen LogP contribution in [0.5, 0.6) is 5.75 Å². The molecule has 0 bridgehead atoms. The monoisotopic (exact) mass is 771 g/mol. The minimum atomic E-state index is -1.18. The van der Waals surface area contributed by atoms with Crippen molar-refractivity contribution in [1.82, 2.24) is 20.2 Å². The van der Waals surface area contributed by atoms with Crippen LogP contribution in [0.3, 0.4) is 0 Å². The SMILES string of the molecule is CCC1CCC(C2CC=C(c3cnc(-c4ccc(CN(CC(=O)N[C@H](C)C(=O)O)C(=O)c5ccc(NC(=O)Cc6ccc(OC)cc6)cc5)cc4)nc3)CC2)CC1. The maximum atomic E-state index is 13.8. The van der Waals surface area contributed by atoms with Gasteiger partial charge < -0.3 is 25.4 Å². The molecule has 1 saturated carbocycles. The number of hydrogen-bond acceptors (Lipinski definition) is 7. The fourth-order valence-electron chi connectivity index (χ4n) is 7.97. The number of benzene rings is 3. The minimum Gasteiger partial charge on any atom is -0.497 e. The molecule has 2 aliphatic carbocycles. The smallest absolute Gasteiger partial charge is 0.325 e. The molecule has 11 heteroatoms. The van der Waals surface area contributed by atoms with E-state index in [0.29, 0.717) is 22.8 Å². The van der Waals surface area contributed by atoms with Crippen LogP contribution in [-0.4, -0.2) is 63.4 Å². The summed E-state index contributed by atoms with van der Waals surface area (Å²) in [6.07, 6.45) is 16.6. The summed E-state index contributed by atoms with van der Waals surface area (Å²) in [5.74, 6) is 1.44. The molecule has 3 amide bonds. The van der Waals surface area contributed by atoms with E-state index < -0.39 is 23.8 Å². The molecule has 1 unspecified atom stereocenters. The number of allylic oxidation sites excluding steroid dienone is 2. The average molecular weight is 772 g/mol. The number of nitrogens with one attached hydrogen (secondary N) is 2. The molecule has 1 aromatic heterocycles. The van der Waals surface area contributed by atoms with Gasteiger partial charge in [0, 0.05) is 41.3 Å². The van der Waals surface area contributed by atoms with Gasteiger partial charge in [0.2, 0.25) is 11.8 Å². The van der Waals surface area contributed by atoms with E-state index in [0.717, 1.165) is 52.8 Å². The number of carbonyl (C=O) groups excluding carboxylic acids is 3. The molecule has 1 fully saturated rings. The van der Waals surface area contributed by atoms with Gasteiger partial charge >= 0.3 is 5.97 Å². The molecule has 0 aliphatic heterocycles. The van der Waals surface area contributed by atoms with Crippen LogP contribution in [0.15, 0.2) is 91.3 Å². The molecular formula is C46H53N5O6. The van der Waals surface area contributed by atoms with Gasteiger partial charge in [0.1, 0.15) is 18.3 Å². The minimum absolute atomic E-state index is 0.0866. The molecular weight excluding hydrogens is 719 g/mol. The summed E-state index contributed by atoms with van der Waals surface area (Å²) in [6.45, 7) is 3.41. The lowest BCUT2D eigenvalue weighted by molar-refractivity contribution is -0.141. The first-order chi connectivity index (χ1) is 27.6. The van der Waals surface area contributed by atoms with Crippen LogP contribution in [-0.2, 0) is 27.3 Å². The number of rotatable bonds is 15. The number of aromatic nitrogens is 2. The lowest BCUT2D eigenvalue weighted by Gasteiger charge is -2.35. The van der Waals surface area contributed by atoms with Crippen LogP contribution in [0.25, 0.3) is 17.0 Å². The van der Waals surface area contributed by atoms with Gasteiger partial charge in [-0.05, 0) is 110 Å². The third-order valence-corrected chi connectivity index (χ3v) is 11.5. The highest BCUT2D eigenvalue weighted by molar-refractivity contribution is 5.98. The fourth-order valence-corrected chi connectivity index (χ4v) is 7.97. The Morgan fingerprint density at radius 3 is 2.09 bits per heavy atom. The number of anilines is 1. The second-order valence-corrected chi connectivity index (χ2v) is 15.4. The Morgan fingerprint density at radius 1 is 0.825 bits per heavy atom. The van der Waals surface area contributed by atoms with Crippen LogP contribution in [0.2, 0.25) is 0 Å². The Kier molecular flexibility index (Phi) is 13.9. The van der Waals surface area contributed by atoms with Crippen LogP contribution < -0.4 is 15.4 Å². The summed E-state index contributed by atoms with van der Waals surface area (Å²) >= 11 is 0. The number of carbonyl (C=O) groups is 4. The van der Waals surface area contributed by atoms with E-state index in [-0.39, 0.29) is 25.4 Å². The summed E-state index contributed by atoms with van der Waals surface area (Å²) in [6, 6.07) is 20.0. The molecule has 11 nitrogen and oxygen atoms in total. The zero-order chi connectivity index (χ0) is 40.3. The van der Waals surface area contributed by atoms with Crippen molar-refractivity contribution >= 4 is 35.0 Å². The quantitative estimate of drug-likeness (QED) is 0.110. The standard InChI is InChI=1S/C46H53N5O6/c1-4-31-5-11-34(12-6-31)35-15-17-36(18-16-35)39-26-47-44(48-27-39)37-13-7-33(8-14-37)28-51(29-43(53)49-30(2)46(55)56)45(54)38-19-21-40(22-20-38)50-42(52)25-32-9-23-41(57-3)24-10-32/h7-10,13-14,17,19-24,26-27,30-31,34-35H,4-6,11-12,15-16,18,25,28-29H2,1-3H3,(H,49,53)(H,50,52)(H,55,56)/t30-,31?,34?,35?/m1/s1. The van der Waals surface area contributed by atoms with Gasteiger partial charge in [-0.15, -0.1) is 0 Å². The second kappa shape index (κ2) is 19.3. The van der Waals surface area contributed by atoms with E-state index >= 15 is 0 Å². The summed E-state index contributed by atoms with van der Waals surface area (Å²) in [7, 11) is 1.58. The predicted molar refractivity (Wildman–Crippen MR) is 220 cm³/mol. The van der Waals surface area contributed by atoms with Gasteiger partial charge in [0.05, 0.1) is 13.5 Å². The summed E-state index contributed by atoms with van der Waals surface area (Å²) < 4.78 is 5.17. The Hall–Kier alpha value is -5.84. The molecule has 3 N–H and O–H groups in total. The van der Waals surface area contributed by atoms with Gasteiger partial charge in [0.25, 0.3) is 5.91 Å². The highest BCUT2D eigenvalue weighted by atomic mass is 16.5. The van der Waals surface area contributed by atoms with E-state index in [2.05, 4.69) is 23.6 Å². The number of hydrogen-bond donors (Lipinski definition) is 3. The van der Waals surface area contributed by atoms with Gasteiger partial charge in [-0.3, -0.25) is 19.2 Å². The maximum absolute atomic E-state index is 13.8. The zero-order valence-corrected chi connectivity index (χ0v) is 33.1. The van der Waals surface area contributed by atoms with Crippen molar-refractivity contribution in [3.63, 3.8) is 0 Å². The third-order valence-electron chi connectivity index (χ3n) is 11.5. The molecule has 2 aliphatic rings. The zero-order valence-electron chi connectivity index (χ0n) is 33.1. The van der Waals surface area contributed by atoms with Crippen molar-refractivity contribution < 1.29 is 29.0 Å². The largest absolute Gasteiger partial charge is 0.497 e. The van der Waals surface area contributed by atoms with Gasteiger partial charge in [-0.25, -0.2) is 9.97 Å². The van der Waals surface area contributed by atoms with Crippen LogP contribution in [0.1, 0.15) is 92.3 Å². The van der Waals surface area contributed by atoms with Crippen molar-refractivity contribution in [3.05, 3.63) is 114 Å². The molecule has 6 rings (SSSR count). The number of amides is 3. The van der Waals surface area contributed by atoms with E-state index in [1.807, 2.05) is 48.8 Å². The number of carboxylic acid groups (broad SMARTS) is 1. The maximum Gasteiger partial charge on any atom is 0.325 e. The second-order valence-electron chi connectivity index (χ2n) is 15.4. The Bertz CT molecular complexity index is 2020. The Morgan fingerprint density at radius 2 is 1.49 bits per heavy atom. The first-order valence-electron chi connectivity index (χ1n) is 20.0. The van der Waals surface area contributed by atoms with Gasteiger partial charge in [-0.1, -0.05) is 68.7 Å². The molecule has 2 atom stereocenters. The van der Waals surface area contributed by atoms with Crippen molar-refractivity contribution in [3.8, 4) is 17.1 Å². The van der Waals surface area contributed by atoms with Crippen molar-refractivity contribution in [2.24, 2.45) is 17.8 Å². The Balaban J connectivity index is 1.08. The van der Waals surface area contributed by atoms with E-state index in [4.69, 9.17) is 14.7 Å². The molecule has 57 heavy (non-hydrogen) atoms. The normalized spacial score (nSPS) is 18.4. The lowest BCUT2D eigenvalue weighted by Crippen LogP contribution is -2.45. The highest BCUT2D eigenvalue weighted by Crippen LogP contribution is 2.41. The van der Waals surface area contributed by atoms with Gasteiger partial charge in [-0.2, -0.15) is 0 Å². The molecule has 4 aromatic rings. The average Bonchev–Trinajstić information content (AvgIpc) is 3.24. The van der Waals surface area contributed by atoms with Crippen molar-refractivity contribution in [2.75, 3.05) is 19.0 Å². The number of aliphatic carboxylic acids is 1. The lowest BCUT2D eigenvalue weighted by atomic mass is 9.71. The third kappa shape index (κ3) is 11.1. The van der Waals surface area contributed by atoms with Crippen LogP contribution in [0, 0.1) is 17.8 Å². The first-order valence-corrected chi connectivity index (χ1v) is 20.0. The predicted octanol–water partition coefficient (Wildman–Crippen LogP) is 7.97. The Labute approximate surface area is 335 Å². The molecule has 1 heterocycles. The fraction of sp³-hybridized carbons (Fsp3) is 0.391. The van der Waals surface area contributed by atoms with E-state index in [1.165, 1.54) is 55.9 Å². The topological polar surface area (TPSA) is 151 Å². The number of methoxy groups -OCH3 is 1. The van der Waals surface area contributed by atoms with Gasteiger partial charge in [0.15, 0.2) is 5.82 Å². The van der Waals surface area contributed by atoms with Crippen molar-refractivity contribution in [2.45, 2.75) is 84.2 Å². The summed E-state index contributed by atoms with van der Waals surface area (Å²) in [5.41, 5.74) is 5.61.